The van der Waals surface area contributed by atoms with Gasteiger partial charge in [-0.15, -0.1) is 0 Å². The quantitative estimate of drug-likeness (QED) is 0.762. The van der Waals surface area contributed by atoms with E-state index in [0.29, 0.717) is 6.61 Å². The molecule has 1 fully saturated rings. The van der Waals surface area contributed by atoms with E-state index in [1.807, 2.05) is 43.3 Å². The number of carbonyl (C=O) groups is 1. The van der Waals surface area contributed by atoms with E-state index >= 15 is 0 Å². The van der Waals surface area contributed by atoms with Crippen LogP contribution in [0.15, 0.2) is 60.7 Å². The van der Waals surface area contributed by atoms with Gasteiger partial charge in [0.1, 0.15) is 5.54 Å². The van der Waals surface area contributed by atoms with Gasteiger partial charge in [0.15, 0.2) is 0 Å². The predicted molar refractivity (Wildman–Crippen MR) is 105 cm³/mol. The molecule has 4 nitrogen and oxygen atoms in total. The van der Waals surface area contributed by atoms with Crippen LogP contribution >= 0.6 is 0 Å². The second kappa shape index (κ2) is 8.86. The van der Waals surface area contributed by atoms with Crippen molar-refractivity contribution in [1.29, 1.82) is 0 Å². The Morgan fingerprint density at radius 1 is 1.04 bits per heavy atom. The molecular weight excluding hydrogens is 324 g/mol. The summed E-state index contributed by atoms with van der Waals surface area (Å²) in [4.78, 5) is 15.3. The van der Waals surface area contributed by atoms with E-state index in [1.54, 1.807) is 0 Å². The minimum Gasteiger partial charge on any atom is -0.464 e. The normalized spacial score (nSPS) is 16.8. The molecule has 3 rings (SSSR count). The molecule has 4 heteroatoms. The first-order valence-electron chi connectivity index (χ1n) is 9.48. The number of nitrogens with one attached hydrogen (secondary N) is 1. The Balaban J connectivity index is 1.68. The van der Waals surface area contributed by atoms with Gasteiger partial charge in [-0.3, -0.25) is 4.90 Å². The fraction of sp³-hybridized carbons (Fsp3) is 0.409. The van der Waals surface area contributed by atoms with Crippen molar-refractivity contribution in [3.05, 3.63) is 66.2 Å². The zero-order valence-electron chi connectivity index (χ0n) is 15.5. The molecule has 2 aromatic rings. The number of benzene rings is 2. The Hall–Kier alpha value is -2.33. The average Bonchev–Trinajstić information content (AvgIpc) is 2.69. The summed E-state index contributed by atoms with van der Waals surface area (Å²) in [6, 6.07) is 20.4. The van der Waals surface area contributed by atoms with Gasteiger partial charge in [0.25, 0.3) is 0 Å². The predicted octanol–water partition coefficient (Wildman–Crippen LogP) is 4.09. The van der Waals surface area contributed by atoms with Gasteiger partial charge in [-0.05, 0) is 37.0 Å². The van der Waals surface area contributed by atoms with E-state index < -0.39 is 5.54 Å². The first kappa shape index (κ1) is 18.5. The van der Waals surface area contributed by atoms with Gasteiger partial charge in [-0.2, -0.15) is 0 Å². The number of ether oxygens (including phenoxy) is 1. The number of piperidine rings is 1. The molecule has 2 aromatic carbocycles. The maximum atomic E-state index is 12.8. The lowest BCUT2D eigenvalue weighted by Crippen LogP contribution is -2.55. The smallest absolute Gasteiger partial charge is 0.331 e. The van der Waals surface area contributed by atoms with Crippen LogP contribution in [0.5, 0.6) is 0 Å². The second-order valence-electron chi connectivity index (χ2n) is 6.97. The van der Waals surface area contributed by atoms with Crippen LogP contribution in [-0.4, -0.2) is 36.1 Å². The molecule has 0 atom stereocenters. The third-order valence-electron chi connectivity index (χ3n) is 4.94. The summed E-state index contributed by atoms with van der Waals surface area (Å²) < 4.78 is 5.54. The van der Waals surface area contributed by atoms with Crippen LogP contribution in [0, 0.1) is 0 Å². The van der Waals surface area contributed by atoms with E-state index in [-0.39, 0.29) is 5.97 Å². The van der Waals surface area contributed by atoms with E-state index in [0.717, 1.165) is 44.6 Å². The van der Waals surface area contributed by atoms with Gasteiger partial charge >= 0.3 is 5.97 Å². The molecule has 1 N–H and O–H groups in total. The van der Waals surface area contributed by atoms with Gasteiger partial charge in [0.05, 0.1) is 6.61 Å². The van der Waals surface area contributed by atoms with Crippen LogP contribution in [0.1, 0.15) is 31.7 Å². The summed E-state index contributed by atoms with van der Waals surface area (Å²) in [6.45, 7) is 5.16. The minimum atomic E-state index is -0.635. The molecule has 0 radical (unpaired) electrons. The Kier molecular flexibility index (Phi) is 6.29. The summed E-state index contributed by atoms with van der Waals surface area (Å²) in [5.74, 6) is -0.123. The molecule has 1 aliphatic rings. The standard InChI is InChI=1S/C22H28N2O2/c1-2-17-26-21(25)22(23-20-11-7-4-8-12-20)13-15-24(16-14-22)18-19-9-5-3-6-10-19/h3-12,23H,2,13-18H2,1H3. The summed E-state index contributed by atoms with van der Waals surface area (Å²) in [6.07, 6.45) is 2.34. The van der Waals surface area contributed by atoms with E-state index in [2.05, 4.69) is 34.5 Å². The van der Waals surface area contributed by atoms with Gasteiger partial charge in [0, 0.05) is 25.3 Å². The number of hydrogen-bond donors (Lipinski definition) is 1. The van der Waals surface area contributed by atoms with Crippen molar-refractivity contribution in [2.24, 2.45) is 0 Å². The van der Waals surface area contributed by atoms with E-state index in [4.69, 9.17) is 4.74 Å². The van der Waals surface area contributed by atoms with Crippen molar-refractivity contribution >= 4 is 11.7 Å². The molecule has 26 heavy (non-hydrogen) atoms. The highest BCUT2D eigenvalue weighted by Gasteiger charge is 2.42. The Morgan fingerprint density at radius 3 is 2.27 bits per heavy atom. The van der Waals surface area contributed by atoms with Crippen molar-refractivity contribution in [2.75, 3.05) is 25.0 Å². The SMILES string of the molecule is CCCOC(=O)C1(Nc2ccccc2)CCN(Cc2ccccc2)CC1. The van der Waals surface area contributed by atoms with Crippen LogP contribution in [0.4, 0.5) is 5.69 Å². The molecule has 138 valence electrons. The van der Waals surface area contributed by atoms with Crippen LogP contribution in [-0.2, 0) is 16.1 Å². The summed E-state index contributed by atoms with van der Waals surface area (Å²) >= 11 is 0. The van der Waals surface area contributed by atoms with Gasteiger partial charge in [-0.25, -0.2) is 4.79 Å². The lowest BCUT2D eigenvalue weighted by atomic mass is 9.86. The van der Waals surface area contributed by atoms with Crippen LogP contribution < -0.4 is 5.32 Å². The molecule has 0 aliphatic carbocycles. The average molecular weight is 352 g/mol. The molecule has 0 amide bonds. The number of nitrogens with zero attached hydrogens (tertiary/aromatic N) is 1. The lowest BCUT2D eigenvalue weighted by molar-refractivity contribution is -0.151. The van der Waals surface area contributed by atoms with Crippen molar-refractivity contribution in [3.8, 4) is 0 Å². The number of hydrogen-bond acceptors (Lipinski definition) is 4. The topological polar surface area (TPSA) is 41.6 Å². The van der Waals surface area contributed by atoms with Crippen LogP contribution in [0.25, 0.3) is 0 Å². The molecular formula is C22H28N2O2. The van der Waals surface area contributed by atoms with Gasteiger partial charge < -0.3 is 10.1 Å². The Morgan fingerprint density at radius 2 is 1.65 bits per heavy atom. The van der Waals surface area contributed by atoms with Crippen molar-refractivity contribution in [1.82, 2.24) is 4.90 Å². The third kappa shape index (κ3) is 4.64. The lowest BCUT2D eigenvalue weighted by Gasteiger charge is -2.41. The highest BCUT2D eigenvalue weighted by Crippen LogP contribution is 2.29. The molecule has 1 heterocycles. The maximum Gasteiger partial charge on any atom is 0.331 e. The first-order chi connectivity index (χ1) is 12.7. The van der Waals surface area contributed by atoms with Gasteiger partial charge in [0.2, 0.25) is 0 Å². The largest absolute Gasteiger partial charge is 0.464 e. The Bertz CT molecular complexity index is 680. The van der Waals surface area contributed by atoms with Crippen molar-refractivity contribution in [3.63, 3.8) is 0 Å². The molecule has 0 spiro atoms. The molecule has 1 saturated heterocycles. The number of carbonyl (C=O) groups excluding carboxylic acids is 1. The zero-order valence-corrected chi connectivity index (χ0v) is 15.5. The first-order valence-corrected chi connectivity index (χ1v) is 9.48. The van der Waals surface area contributed by atoms with E-state index in [9.17, 15) is 4.79 Å². The van der Waals surface area contributed by atoms with Crippen LogP contribution in [0.2, 0.25) is 0 Å². The molecule has 0 aromatic heterocycles. The second-order valence-corrected chi connectivity index (χ2v) is 6.97. The highest BCUT2D eigenvalue weighted by atomic mass is 16.5. The third-order valence-corrected chi connectivity index (χ3v) is 4.94. The van der Waals surface area contributed by atoms with Crippen molar-refractivity contribution < 1.29 is 9.53 Å². The van der Waals surface area contributed by atoms with Crippen molar-refractivity contribution in [2.45, 2.75) is 38.3 Å². The summed E-state index contributed by atoms with van der Waals surface area (Å²) in [5.41, 5.74) is 1.64. The number of rotatable bonds is 7. The number of para-hydroxylation sites is 1. The summed E-state index contributed by atoms with van der Waals surface area (Å²) in [5, 5.41) is 3.49. The number of esters is 1. The maximum absolute atomic E-state index is 12.8. The number of likely N-dealkylation sites (tertiary alicyclic amines) is 1. The fourth-order valence-corrected chi connectivity index (χ4v) is 3.45. The van der Waals surface area contributed by atoms with Crippen LogP contribution in [0.3, 0.4) is 0 Å². The zero-order chi connectivity index (χ0) is 18.2. The molecule has 0 bridgehead atoms. The fourth-order valence-electron chi connectivity index (χ4n) is 3.45. The highest BCUT2D eigenvalue weighted by molar-refractivity contribution is 5.84. The summed E-state index contributed by atoms with van der Waals surface area (Å²) in [7, 11) is 0. The van der Waals surface area contributed by atoms with E-state index in [1.165, 1.54) is 5.56 Å². The number of anilines is 1. The minimum absolute atomic E-state index is 0.123. The molecule has 0 unspecified atom stereocenters. The monoisotopic (exact) mass is 352 g/mol. The molecule has 0 saturated carbocycles. The Labute approximate surface area is 156 Å². The van der Waals surface area contributed by atoms with Gasteiger partial charge in [-0.1, -0.05) is 55.5 Å². The molecule has 1 aliphatic heterocycles.